The van der Waals surface area contributed by atoms with Crippen molar-refractivity contribution in [2.75, 3.05) is 18.5 Å². The fraction of sp³-hybridized carbons (Fsp3) is 0.600. The predicted molar refractivity (Wildman–Crippen MR) is 71.7 cm³/mol. The van der Waals surface area contributed by atoms with Crippen molar-refractivity contribution in [2.45, 2.75) is 37.8 Å². The molecule has 3 unspecified atom stereocenters. The highest BCUT2D eigenvalue weighted by atomic mass is 16.5. The van der Waals surface area contributed by atoms with E-state index in [0.717, 1.165) is 32.3 Å². The number of aliphatic hydroxyl groups is 1. The number of anilines is 1. The number of hydrogen-bond donors (Lipinski definition) is 2. The Kier molecular flexibility index (Phi) is 3.52. The van der Waals surface area contributed by atoms with Crippen LogP contribution in [0.5, 0.6) is 0 Å². The van der Waals surface area contributed by atoms with E-state index in [1.807, 2.05) is 6.07 Å². The molecule has 1 aromatic carbocycles. The molecule has 98 valence electrons. The first kappa shape index (κ1) is 12.0. The number of para-hydroxylation sites is 1. The van der Waals surface area contributed by atoms with E-state index in [4.69, 9.17) is 4.74 Å². The third kappa shape index (κ3) is 2.38. The summed E-state index contributed by atoms with van der Waals surface area (Å²) in [7, 11) is 0. The summed E-state index contributed by atoms with van der Waals surface area (Å²) in [4.78, 5) is 0. The van der Waals surface area contributed by atoms with Gasteiger partial charge in [-0.1, -0.05) is 18.2 Å². The van der Waals surface area contributed by atoms with Gasteiger partial charge in [-0.25, -0.2) is 0 Å². The lowest BCUT2D eigenvalue weighted by Gasteiger charge is -2.36. The molecule has 3 heteroatoms. The minimum absolute atomic E-state index is 0.173. The van der Waals surface area contributed by atoms with Gasteiger partial charge in [0.25, 0.3) is 0 Å². The molecule has 0 aromatic heterocycles. The number of fused-ring (bicyclic) bond motifs is 1. The van der Waals surface area contributed by atoms with Gasteiger partial charge in [0, 0.05) is 18.2 Å². The molecule has 18 heavy (non-hydrogen) atoms. The molecule has 2 N–H and O–H groups in total. The first-order valence-electron chi connectivity index (χ1n) is 6.95. The number of aryl methyl sites for hydroxylation is 1. The van der Waals surface area contributed by atoms with Gasteiger partial charge in [0.15, 0.2) is 0 Å². The summed E-state index contributed by atoms with van der Waals surface area (Å²) in [5, 5.41) is 14.0. The van der Waals surface area contributed by atoms with Crippen molar-refractivity contribution in [3.63, 3.8) is 0 Å². The lowest BCUT2D eigenvalue weighted by molar-refractivity contribution is -0.0170. The van der Waals surface area contributed by atoms with Crippen LogP contribution in [-0.2, 0) is 11.2 Å². The van der Waals surface area contributed by atoms with Crippen LogP contribution < -0.4 is 5.32 Å². The van der Waals surface area contributed by atoms with E-state index < -0.39 is 0 Å². The Morgan fingerprint density at radius 3 is 3.00 bits per heavy atom. The molecule has 0 bridgehead atoms. The molecule has 3 atom stereocenters. The number of rotatable bonds is 2. The fourth-order valence-electron chi connectivity index (χ4n) is 3.08. The van der Waals surface area contributed by atoms with Crippen molar-refractivity contribution in [1.82, 2.24) is 0 Å². The monoisotopic (exact) mass is 247 g/mol. The molecular formula is C15H21NO2. The zero-order chi connectivity index (χ0) is 12.4. The van der Waals surface area contributed by atoms with Gasteiger partial charge < -0.3 is 15.2 Å². The molecule has 1 saturated heterocycles. The molecular weight excluding hydrogens is 226 g/mol. The molecule has 0 saturated carbocycles. The Labute approximate surface area is 108 Å². The topological polar surface area (TPSA) is 41.5 Å². The number of benzene rings is 1. The van der Waals surface area contributed by atoms with Crippen LogP contribution >= 0.6 is 0 Å². The first-order valence-corrected chi connectivity index (χ1v) is 6.95. The van der Waals surface area contributed by atoms with Crippen molar-refractivity contribution in [3.05, 3.63) is 29.8 Å². The second kappa shape index (κ2) is 5.29. The van der Waals surface area contributed by atoms with E-state index in [-0.39, 0.29) is 12.1 Å². The molecule has 2 heterocycles. The first-order chi connectivity index (χ1) is 8.84. The smallest absolute Gasteiger partial charge is 0.0791 e. The molecule has 2 aliphatic rings. The van der Waals surface area contributed by atoms with Gasteiger partial charge >= 0.3 is 0 Å². The number of nitrogens with one attached hydrogen (secondary N) is 1. The highest BCUT2D eigenvalue weighted by Gasteiger charge is 2.31. The second-order valence-corrected chi connectivity index (χ2v) is 5.41. The number of aliphatic hydroxyl groups excluding tert-OH is 1. The largest absolute Gasteiger partial charge is 0.391 e. The molecule has 3 rings (SSSR count). The zero-order valence-electron chi connectivity index (χ0n) is 10.6. The second-order valence-electron chi connectivity index (χ2n) is 5.41. The van der Waals surface area contributed by atoms with Gasteiger partial charge in [-0.15, -0.1) is 0 Å². The van der Waals surface area contributed by atoms with E-state index in [9.17, 15) is 5.11 Å². The van der Waals surface area contributed by atoms with Crippen LogP contribution in [0.2, 0.25) is 0 Å². The SMILES string of the molecule is OC(C1CCCOC1)C1CCc2ccccc2N1. The van der Waals surface area contributed by atoms with Crippen LogP contribution in [0.25, 0.3) is 0 Å². The Morgan fingerprint density at radius 1 is 1.28 bits per heavy atom. The van der Waals surface area contributed by atoms with Crippen LogP contribution in [-0.4, -0.2) is 30.5 Å². The third-order valence-electron chi connectivity index (χ3n) is 4.17. The van der Waals surface area contributed by atoms with E-state index in [2.05, 4.69) is 23.5 Å². The lowest BCUT2D eigenvalue weighted by Crippen LogP contribution is -2.44. The maximum Gasteiger partial charge on any atom is 0.0791 e. The summed E-state index contributed by atoms with van der Waals surface area (Å²) in [6, 6.07) is 8.56. The molecule has 3 nitrogen and oxygen atoms in total. The average molecular weight is 247 g/mol. The summed E-state index contributed by atoms with van der Waals surface area (Å²) in [5.74, 6) is 0.293. The van der Waals surface area contributed by atoms with Crippen molar-refractivity contribution in [2.24, 2.45) is 5.92 Å². The van der Waals surface area contributed by atoms with E-state index in [0.29, 0.717) is 12.5 Å². The van der Waals surface area contributed by atoms with Crippen molar-refractivity contribution in [1.29, 1.82) is 0 Å². The van der Waals surface area contributed by atoms with Crippen LogP contribution in [0.15, 0.2) is 24.3 Å². The maximum absolute atomic E-state index is 10.5. The van der Waals surface area contributed by atoms with Crippen LogP contribution in [0.1, 0.15) is 24.8 Å². The lowest BCUT2D eigenvalue weighted by atomic mass is 9.86. The summed E-state index contributed by atoms with van der Waals surface area (Å²) in [5.41, 5.74) is 2.55. The molecule has 0 aliphatic carbocycles. The van der Waals surface area contributed by atoms with Crippen molar-refractivity contribution in [3.8, 4) is 0 Å². The summed E-state index contributed by atoms with van der Waals surface area (Å²) < 4.78 is 5.48. The number of ether oxygens (including phenoxy) is 1. The predicted octanol–water partition coefficient (Wildman–Crippen LogP) is 2.20. The third-order valence-corrected chi connectivity index (χ3v) is 4.17. The minimum Gasteiger partial charge on any atom is -0.391 e. The van der Waals surface area contributed by atoms with Crippen molar-refractivity contribution >= 4 is 5.69 Å². The highest BCUT2D eigenvalue weighted by molar-refractivity contribution is 5.53. The van der Waals surface area contributed by atoms with E-state index >= 15 is 0 Å². The Bertz CT molecular complexity index is 401. The van der Waals surface area contributed by atoms with E-state index in [1.165, 1.54) is 11.3 Å². The summed E-state index contributed by atoms with van der Waals surface area (Å²) in [6.07, 6.45) is 3.93. The normalized spacial score (nSPS) is 29.2. The molecule has 0 amide bonds. The fourth-order valence-corrected chi connectivity index (χ4v) is 3.08. The molecule has 0 radical (unpaired) electrons. The average Bonchev–Trinajstić information content (AvgIpc) is 2.47. The Morgan fingerprint density at radius 2 is 2.17 bits per heavy atom. The minimum atomic E-state index is -0.293. The summed E-state index contributed by atoms with van der Waals surface area (Å²) in [6.45, 7) is 1.56. The standard InChI is InChI=1S/C15H21NO2/c17-15(12-5-3-9-18-10-12)14-8-7-11-4-1-2-6-13(11)16-14/h1-2,4,6,12,14-17H,3,5,7-10H2. The van der Waals surface area contributed by atoms with E-state index in [1.54, 1.807) is 0 Å². The van der Waals surface area contributed by atoms with Crippen LogP contribution in [0.3, 0.4) is 0 Å². The van der Waals surface area contributed by atoms with Gasteiger partial charge in [0.2, 0.25) is 0 Å². The highest BCUT2D eigenvalue weighted by Crippen LogP contribution is 2.29. The Balaban J connectivity index is 1.67. The van der Waals surface area contributed by atoms with Crippen molar-refractivity contribution < 1.29 is 9.84 Å². The number of hydrogen-bond acceptors (Lipinski definition) is 3. The molecule has 1 aromatic rings. The quantitative estimate of drug-likeness (QED) is 0.842. The van der Waals surface area contributed by atoms with Gasteiger partial charge in [-0.05, 0) is 37.3 Å². The Hall–Kier alpha value is -1.06. The zero-order valence-corrected chi connectivity index (χ0v) is 10.6. The van der Waals surface area contributed by atoms with Crippen LogP contribution in [0, 0.1) is 5.92 Å². The van der Waals surface area contributed by atoms with Gasteiger partial charge in [-0.2, -0.15) is 0 Å². The van der Waals surface area contributed by atoms with Crippen LogP contribution in [0.4, 0.5) is 5.69 Å². The van der Waals surface area contributed by atoms with Gasteiger partial charge in [-0.3, -0.25) is 0 Å². The summed E-state index contributed by atoms with van der Waals surface area (Å²) >= 11 is 0. The van der Waals surface area contributed by atoms with Gasteiger partial charge in [0.05, 0.1) is 18.8 Å². The van der Waals surface area contributed by atoms with Gasteiger partial charge in [0.1, 0.15) is 0 Å². The maximum atomic E-state index is 10.5. The molecule has 0 spiro atoms. The molecule has 2 aliphatic heterocycles. The molecule has 1 fully saturated rings.